The number of rotatable bonds is 3. The molecule has 0 bridgehead atoms. The number of fused-ring (bicyclic) bond motifs is 1. The lowest BCUT2D eigenvalue weighted by Gasteiger charge is -2.27. The fraction of sp³-hybridized carbons (Fsp3) is 0.556. The smallest absolute Gasteiger partial charge is 0.285 e. The van der Waals surface area contributed by atoms with Gasteiger partial charge in [-0.3, -0.25) is 4.79 Å². The number of halogens is 1. The Morgan fingerprint density at radius 3 is 2.85 bits per heavy atom. The van der Waals surface area contributed by atoms with Crippen LogP contribution >= 0.6 is 12.4 Å². The van der Waals surface area contributed by atoms with E-state index in [1.54, 1.807) is 24.3 Å². The molecular formula is C18H25ClN4O3S. The topological polar surface area (TPSA) is 90.9 Å². The lowest BCUT2D eigenvalue weighted by atomic mass is 9.99. The zero-order valence-electron chi connectivity index (χ0n) is 15.1. The molecule has 3 aliphatic rings. The Bertz CT molecular complexity index is 837. The van der Waals surface area contributed by atoms with E-state index in [0.717, 1.165) is 38.8 Å². The molecule has 2 N–H and O–H groups in total. The summed E-state index contributed by atoms with van der Waals surface area (Å²) in [5, 5.41) is 6.42. The minimum absolute atomic E-state index is 0. The molecule has 1 aromatic carbocycles. The number of nitrogens with zero attached hydrogens (tertiary/aromatic N) is 2. The van der Waals surface area contributed by atoms with E-state index >= 15 is 0 Å². The highest BCUT2D eigenvalue weighted by molar-refractivity contribution is 7.90. The van der Waals surface area contributed by atoms with Gasteiger partial charge in [0.25, 0.3) is 10.0 Å². The van der Waals surface area contributed by atoms with Gasteiger partial charge in [-0.05, 0) is 56.8 Å². The molecule has 1 aromatic rings. The first-order chi connectivity index (χ1) is 12.6. The second kappa shape index (κ2) is 8.16. The van der Waals surface area contributed by atoms with Gasteiger partial charge < -0.3 is 15.5 Å². The van der Waals surface area contributed by atoms with Gasteiger partial charge in [-0.15, -0.1) is 16.8 Å². The summed E-state index contributed by atoms with van der Waals surface area (Å²) in [7, 11) is -3.66. The summed E-state index contributed by atoms with van der Waals surface area (Å²) in [4.78, 5) is 14.8. The Morgan fingerprint density at radius 1 is 1.26 bits per heavy atom. The Labute approximate surface area is 166 Å². The highest BCUT2D eigenvalue weighted by atomic mass is 35.5. The molecule has 9 heteroatoms. The summed E-state index contributed by atoms with van der Waals surface area (Å²) in [6, 6.07) is 6.48. The summed E-state index contributed by atoms with van der Waals surface area (Å²) in [5.74, 6) is 0.850. The van der Waals surface area contributed by atoms with E-state index in [4.69, 9.17) is 0 Å². The van der Waals surface area contributed by atoms with Crippen LogP contribution in [0.3, 0.4) is 0 Å². The normalized spacial score (nSPS) is 26.1. The van der Waals surface area contributed by atoms with Crippen molar-refractivity contribution in [2.45, 2.75) is 36.6 Å². The molecule has 4 rings (SSSR count). The van der Waals surface area contributed by atoms with Gasteiger partial charge in [-0.1, -0.05) is 12.1 Å². The Hall–Kier alpha value is -1.64. The predicted molar refractivity (Wildman–Crippen MR) is 106 cm³/mol. The van der Waals surface area contributed by atoms with Gasteiger partial charge in [0.2, 0.25) is 5.91 Å². The van der Waals surface area contributed by atoms with Gasteiger partial charge in [0.05, 0.1) is 0 Å². The molecule has 2 fully saturated rings. The summed E-state index contributed by atoms with van der Waals surface area (Å²) in [6.07, 6.45) is 3.84. The first kappa shape index (κ1) is 20.1. The average Bonchev–Trinajstić information content (AvgIpc) is 3.24. The maximum Gasteiger partial charge on any atom is 0.285 e. The van der Waals surface area contributed by atoms with Crippen LogP contribution in [0.4, 0.5) is 0 Å². The van der Waals surface area contributed by atoms with Gasteiger partial charge in [0.1, 0.15) is 10.9 Å². The lowest BCUT2D eigenvalue weighted by molar-refractivity contribution is -0.124. The molecular weight excluding hydrogens is 388 g/mol. The quantitative estimate of drug-likeness (QED) is 0.776. The van der Waals surface area contributed by atoms with Gasteiger partial charge in [-0.25, -0.2) is 0 Å². The average molecular weight is 413 g/mol. The van der Waals surface area contributed by atoms with Crippen LogP contribution in [0.2, 0.25) is 0 Å². The monoisotopic (exact) mass is 412 g/mol. The van der Waals surface area contributed by atoms with E-state index in [2.05, 4.69) is 15.0 Å². The number of amidine groups is 1. The molecule has 148 valence electrons. The first-order valence-electron chi connectivity index (χ1n) is 9.26. The number of piperidine rings is 1. The molecule has 0 aliphatic carbocycles. The van der Waals surface area contributed by atoms with Crippen molar-refractivity contribution in [2.75, 3.05) is 26.2 Å². The molecule has 3 aliphatic heterocycles. The number of carbonyl (C=O) groups excluding carboxylic acids is 1. The van der Waals surface area contributed by atoms with Crippen molar-refractivity contribution in [3.05, 3.63) is 29.8 Å². The summed E-state index contributed by atoms with van der Waals surface area (Å²) >= 11 is 0. The van der Waals surface area contributed by atoms with Crippen molar-refractivity contribution in [1.82, 2.24) is 15.5 Å². The van der Waals surface area contributed by atoms with Crippen LogP contribution in [-0.2, 0) is 14.8 Å². The van der Waals surface area contributed by atoms with Crippen LogP contribution in [0.5, 0.6) is 0 Å². The first-order valence-corrected chi connectivity index (χ1v) is 10.7. The van der Waals surface area contributed by atoms with Crippen molar-refractivity contribution in [3.8, 4) is 0 Å². The van der Waals surface area contributed by atoms with Gasteiger partial charge >= 0.3 is 0 Å². The Balaban J connectivity index is 0.00000210. The van der Waals surface area contributed by atoms with Crippen LogP contribution in [0.25, 0.3) is 0 Å². The summed E-state index contributed by atoms with van der Waals surface area (Å²) in [6.45, 7) is 3.30. The molecule has 7 nitrogen and oxygen atoms in total. The molecule has 0 saturated carbocycles. The predicted octanol–water partition coefficient (Wildman–Crippen LogP) is 1.14. The largest absolute Gasteiger partial charge is 0.354 e. The molecule has 0 aromatic heterocycles. The minimum atomic E-state index is -3.66. The van der Waals surface area contributed by atoms with E-state index in [0.29, 0.717) is 30.4 Å². The second-order valence-electron chi connectivity index (χ2n) is 7.20. The highest BCUT2D eigenvalue weighted by Gasteiger charge is 2.39. The summed E-state index contributed by atoms with van der Waals surface area (Å²) < 4.78 is 28.6. The maximum absolute atomic E-state index is 12.8. The number of hydrogen-bond donors (Lipinski definition) is 2. The molecule has 0 radical (unpaired) electrons. The lowest BCUT2D eigenvalue weighted by Crippen LogP contribution is -2.48. The zero-order valence-corrected chi connectivity index (χ0v) is 16.7. The van der Waals surface area contributed by atoms with Crippen molar-refractivity contribution < 1.29 is 13.2 Å². The van der Waals surface area contributed by atoms with Crippen LogP contribution in [0.1, 0.15) is 31.2 Å². The van der Waals surface area contributed by atoms with E-state index < -0.39 is 10.0 Å². The molecule has 0 spiro atoms. The maximum atomic E-state index is 12.8. The molecule has 3 heterocycles. The van der Waals surface area contributed by atoms with E-state index in [-0.39, 0.29) is 29.3 Å². The SMILES string of the molecule is Cl.O=C(NCC1CCCNC1)C1CCCN1C1=NS(=O)(=O)c2ccccc21. The minimum Gasteiger partial charge on any atom is -0.354 e. The Morgan fingerprint density at radius 2 is 2.07 bits per heavy atom. The van der Waals surface area contributed by atoms with Crippen molar-refractivity contribution >= 4 is 34.2 Å². The zero-order chi connectivity index (χ0) is 18.1. The van der Waals surface area contributed by atoms with Crippen LogP contribution < -0.4 is 10.6 Å². The van der Waals surface area contributed by atoms with Crippen molar-refractivity contribution in [3.63, 3.8) is 0 Å². The second-order valence-corrected chi connectivity index (χ2v) is 8.77. The number of sulfonamides is 1. The number of amides is 1. The van der Waals surface area contributed by atoms with Crippen LogP contribution in [0.15, 0.2) is 33.6 Å². The molecule has 27 heavy (non-hydrogen) atoms. The van der Waals surface area contributed by atoms with Crippen LogP contribution in [0, 0.1) is 5.92 Å². The fourth-order valence-electron chi connectivity index (χ4n) is 4.05. The number of benzene rings is 1. The van der Waals surface area contributed by atoms with Gasteiger partial charge in [-0.2, -0.15) is 8.42 Å². The number of nitrogens with one attached hydrogen (secondary N) is 2. The van der Waals surface area contributed by atoms with E-state index in [9.17, 15) is 13.2 Å². The standard InChI is InChI=1S/C18H24N4O3S.ClH/c23-18(20-12-13-5-3-9-19-11-13)15-7-4-10-22(15)17-14-6-1-2-8-16(14)26(24,25)21-17;/h1-2,6,8,13,15,19H,3-5,7,9-12H2,(H,20,23);1H. The fourth-order valence-corrected chi connectivity index (χ4v) is 5.27. The number of carbonyl (C=O) groups is 1. The summed E-state index contributed by atoms with van der Waals surface area (Å²) in [5.41, 5.74) is 0.601. The molecule has 2 saturated heterocycles. The number of likely N-dealkylation sites (tertiary alicyclic amines) is 1. The third kappa shape index (κ3) is 3.97. The molecule has 2 atom stereocenters. The third-order valence-corrected chi connectivity index (χ3v) is 6.73. The van der Waals surface area contributed by atoms with E-state index in [1.165, 1.54) is 0 Å². The van der Waals surface area contributed by atoms with Crippen molar-refractivity contribution in [1.29, 1.82) is 0 Å². The molecule has 2 unspecified atom stereocenters. The third-order valence-electron chi connectivity index (χ3n) is 5.40. The van der Waals surface area contributed by atoms with Crippen LogP contribution in [-0.4, -0.2) is 57.3 Å². The van der Waals surface area contributed by atoms with Crippen molar-refractivity contribution in [2.24, 2.45) is 10.3 Å². The van der Waals surface area contributed by atoms with E-state index in [1.807, 2.05) is 4.90 Å². The van der Waals surface area contributed by atoms with Gasteiger partial charge in [0, 0.05) is 18.7 Å². The highest BCUT2D eigenvalue weighted by Crippen LogP contribution is 2.31. The Kier molecular flexibility index (Phi) is 6.08. The number of hydrogen-bond acceptors (Lipinski definition) is 5. The molecule has 1 amide bonds. The van der Waals surface area contributed by atoms with Gasteiger partial charge in [0.15, 0.2) is 5.84 Å².